The van der Waals surface area contributed by atoms with Crippen LogP contribution in [0.25, 0.3) is 0 Å². The van der Waals surface area contributed by atoms with Gasteiger partial charge in [0.2, 0.25) is 0 Å². The van der Waals surface area contributed by atoms with Gasteiger partial charge in [-0.05, 0) is 5.56 Å². The molecule has 0 saturated carbocycles. The SMILES string of the molecule is COC(=O)c1nc(Cc2ccccc2)n(C)c1CC=O. The highest BCUT2D eigenvalue weighted by atomic mass is 16.5. The van der Waals surface area contributed by atoms with Gasteiger partial charge in [0.15, 0.2) is 5.69 Å². The van der Waals surface area contributed by atoms with Crippen molar-refractivity contribution in [3.05, 3.63) is 53.1 Å². The number of ether oxygens (including phenoxy) is 1. The number of hydrogen-bond donors (Lipinski definition) is 0. The average Bonchev–Trinajstić information content (AvgIpc) is 2.77. The van der Waals surface area contributed by atoms with Crippen LogP contribution in [0, 0.1) is 0 Å². The molecule has 0 atom stereocenters. The maximum Gasteiger partial charge on any atom is 0.358 e. The molecular formula is C15H16N2O3. The second-order valence-corrected chi connectivity index (χ2v) is 4.41. The minimum Gasteiger partial charge on any atom is -0.464 e. The molecule has 104 valence electrons. The van der Waals surface area contributed by atoms with Crippen molar-refractivity contribution in [2.24, 2.45) is 7.05 Å². The summed E-state index contributed by atoms with van der Waals surface area (Å²) in [6.07, 6.45) is 1.50. The lowest BCUT2D eigenvalue weighted by Gasteiger charge is -2.04. The molecule has 1 aromatic carbocycles. The summed E-state index contributed by atoms with van der Waals surface area (Å²) in [7, 11) is 3.11. The zero-order chi connectivity index (χ0) is 14.5. The first-order valence-corrected chi connectivity index (χ1v) is 6.27. The molecule has 0 fully saturated rings. The summed E-state index contributed by atoms with van der Waals surface area (Å²) in [4.78, 5) is 26.8. The minimum atomic E-state index is -0.517. The highest BCUT2D eigenvalue weighted by Gasteiger charge is 2.20. The topological polar surface area (TPSA) is 61.2 Å². The Bertz CT molecular complexity index is 618. The van der Waals surface area contributed by atoms with E-state index in [1.54, 1.807) is 11.6 Å². The largest absolute Gasteiger partial charge is 0.464 e. The molecule has 0 unspecified atom stereocenters. The predicted octanol–water partition coefficient (Wildman–Crippen LogP) is 1.54. The Labute approximate surface area is 117 Å². The lowest BCUT2D eigenvalue weighted by atomic mass is 10.1. The zero-order valence-electron chi connectivity index (χ0n) is 11.5. The number of aldehydes is 1. The van der Waals surface area contributed by atoms with Gasteiger partial charge >= 0.3 is 5.97 Å². The minimum absolute atomic E-state index is 0.142. The molecule has 2 aromatic rings. The Morgan fingerprint density at radius 2 is 2.05 bits per heavy atom. The predicted molar refractivity (Wildman–Crippen MR) is 73.6 cm³/mol. The van der Waals surface area contributed by atoms with Crippen molar-refractivity contribution in [3.63, 3.8) is 0 Å². The summed E-state index contributed by atoms with van der Waals surface area (Å²) in [6, 6.07) is 9.83. The Kier molecular flexibility index (Phi) is 4.30. The summed E-state index contributed by atoms with van der Waals surface area (Å²) in [6.45, 7) is 0. The van der Waals surface area contributed by atoms with E-state index in [1.807, 2.05) is 30.3 Å². The molecule has 0 bridgehead atoms. The van der Waals surface area contributed by atoms with Gasteiger partial charge in [0.1, 0.15) is 12.1 Å². The monoisotopic (exact) mass is 272 g/mol. The van der Waals surface area contributed by atoms with Crippen LogP contribution in [-0.4, -0.2) is 28.9 Å². The fourth-order valence-corrected chi connectivity index (χ4v) is 2.09. The van der Waals surface area contributed by atoms with Crippen LogP contribution in [0.5, 0.6) is 0 Å². The maximum absolute atomic E-state index is 11.7. The Balaban J connectivity index is 2.39. The zero-order valence-corrected chi connectivity index (χ0v) is 11.5. The van der Waals surface area contributed by atoms with E-state index in [-0.39, 0.29) is 12.1 Å². The number of hydrogen-bond acceptors (Lipinski definition) is 4. The van der Waals surface area contributed by atoms with Crippen molar-refractivity contribution < 1.29 is 14.3 Å². The summed E-state index contributed by atoms with van der Waals surface area (Å²) in [5.41, 5.74) is 1.89. The first-order chi connectivity index (χ1) is 9.67. The third-order valence-corrected chi connectivity index (χ3v) is 3.17. The Hall–Kier alpha value is -2.43. The molecule has 1 heterocycles. The quantitative estimate of drug-likeness (QED) is 0.612. The molecule has 20 heavy (non-hydrogen) atoms. The van der Waals surface area contributed by atoms with Crippen molar-refractivity contribution in [3.8, 4) is 0 Å². The Morgan fingerprint density at radius 1 is 1.35 bits per heavy atom. The normalized spacial score (nSPS) is 10.3. The van der Waals surface area contributed by atoms with Gasteiger partial charge in [-0.2, -0.15) is 0 Å². The second-order valence-electron chi connectivity index (χ2n) is 4.41. The van der Waals surface area contributed by atoms with Crippen LogP contribution < -0.4 is 0 Å². The van der Waals surface area contributed by atoms with E-state index in [0.29, 0.717) is 12.1 Å². The summed E-state index contributed by atoms with van der Waals surface area (Å²) >= 11 is 0. The molecule has 0 aliphatic heterocycles. The first kappa shape index (κ1) is 14.0. The summed E-state index contributed by atoms with van der Waals surface area (Å²) in [5, 5.41) is 0. The van der Waals surface area contributed by atoms with Crippen LogP contribution in [-0.2, 0) is 29.4 Å². The van der Waals surface area contributed by atoms with Crippen LogP contribution in [0.2, 0.25) is 0 Å². The molecule has 0 spiro atoms. The van der Waals surface area contributed by atoms with Crippen molar-refractivity contribution >= 4 is 12.3 Å². The van der Waals surface area contributed by atoms with E-state index in [2.05, 4.69) is 4.98 Å². The number of methoxy groups -OCH3 is 1. The number of nitrogens with zero attached hydrogens (tertiary/aromatic N) is 2. The molecule has 0 amide bonds. The summed E-state index contributed by atoms with van der Waals surface area (Å²) in [5.74, 6) is 0.213. The van der Waals surface area contributed by atoms with E-state index in [0.717, 1.165) is 17.7 Å². The van der Waals surface area contributed by atoms with Crippen LogP contribution in [0.15, 0.2) is 30.3 Å². The number of imidazole rings is 1. The number of carbonyl (C=O) groups is 2. The maximum atomic E-state index is 11.7. The molecule has 0 N–H and O–H groups in total. The van der Waals surface area contributed by atoms with Crippen LogP contribution in [0.4, 0.5) is 0 Å². The van der Waals surface area contributed by atoms with E-state index >= 15 is 0 Å². The molecule has 0 radical (unpaired) electrons. The van der Waals surface area contributed by atoms with E-state index in [9.17, 15) is 9.59 Å². The number of rotatable bonds is 5. The number of benzene rings is 1. The van der Waals surface area contributed by atoms with Crippen LogP contribution in [0.3, 0.4) is 0 Å². The fourth-order valence-electron chi connectivity index (χ4n) is 2.09. The lowest BCUT2D eigenvalue weighted by Crippen LogP contribution is -2.08. The molecule has 5 nitrogen and oxygen atoms in total. The van der Waals surface area contributed by atoms with Gasteiger partial charge in [-0.1, -0.05) is 30.3 Å². The molecule has 0 saturated heterocycles. The van der Waals surface area contributed by atoms with E-state index in [1.165, 1.54) is 7.11 Å². The van der Waals surface area contributed by atoms with Crippen molar-refractivity contribution in [1.29, 1.82) is 0 Å². The van der Waals surface area contributed by atoms with Gasteiger partial charge < -0.3 is 14.1 Å². The number of esters is 1. The second kappa shape index (κ2) is 6.14. The number of carbonyl (C=O) groups excluding carboxylic acids is 2. The van der Waals surface area contributed by atoms with Crippen molar-refractivity contribution in [1.82, 2.24) is 9.55 Å². The molecular weight excluding hydrogens is 256 g/mol. The van der Waals surface area contributed by atoms with Gasteiger partial charge in [-0.25, -0.2) is 9.78 Å². The standard InChI is InChI=1S/C15H16N2O3/c1-17-12(8-9-18)14(15(19)20-2)16-13(17)10-11-6-4-3-5-7-11/h3-7,9H,8,10H2,1-2H3. The molecule has 1 aromatic heterocycles. The van der Waals surface area contributed by atoms with E-state index in [4.69, 9.17) is 4.74 Å². The van der Waals surface area contributed by atoms with Crippen LogP contribution in [0.1, 0.15) is 27.6 Å². The third kappa shape index (κ3) is 2.77. The van der Waals surface area contributed by atoms with Gasteiger partial charge in [-0.15, -0.1) is 0 Å². The van der Waals surface area contributed by atoms with E-state index < -0.39 is 5.97 Å². The smallest absolute Gasteiger partial charge is 0.358 e. The fraction of sp³-hybridized carbons (Fsp3) is 0.267. The Morgan fingerprint density at radius 3 is 2.65 bits per heavy atom. The van der Waals surface area contributed by atoms with Crippen molar-refractivity contribution in [2.75, 3.05) is 7.11 Å². The van der Waals surface area contributed by atoms with Crippen molar-refractivity contribution in [2.45, 2.75) is 12.8 Å². The van der Waals surface area contributed by atoms with Crippen LogP contribution >= 0.6 is 0 Å². The molecule has 0 aliphatic rings. The number of aromatic nitrogens is 2. The van der Waals surface area contributed by atoms with Gasteiger partial charge in [-0.3, -0.25) is 0 Å². The lowest BCUT2D eigenvalue weighted by molar-refractivity contribution is -0.107. The third-order valence-electron chi connectivity index (χ3n) is 3.17. The molecule has 5 heteroatoms. The average molecular weight is 272 g/mol. The van der Waals surface area contributed by atoms with Gasteiger partial charge in [0, 0.05) is 19.9 Å². The van der Waals surface area contributed by atoms with Gasteiger partial charge in [0.25, 0.3) is 0 Å². The first-order valence-electron chi connectivity index (χ1n) is 6.27. The summed E-state index contributed by atoms with van der Waals surface area (Å²) < 4.78 is 6.50. The molecule has 2 rings (SSSR count). The molecule has 0 aliphatic carbocycles. The van der Waals surface area contributed by atoms with Gasteiger partial charge in [0.05, 0.1) is 12.8 Å². The highest BCUT2D eigenvalue weighted by molar-refractivity contribution is 5.89. The highest BCUT2D eigenvalue weighted by Crippen LogP contribution is 2.15.